The molecule has 0 aromatic heterocycles. The van der Waals surface area contributed by atoms with Crippen molar-refractivity contribution in [2.24, 2.45) is 0 Å². The number of hydrogen-bond acceptors (Lipinski definition) is 2. The third-order valence-electron chi connectivity index (χ3n) is 5.41. The molecule has 0 unspecified atom stereocenters. The van der Waals surface area contributed by atoms with E-state index in [9.17, 15) is 8.42 Å². The highest BCUT2D eigenvalue weighted by Crippen LogP contribution is 2.14. The van der Waals surface area contributed by atoms with Gasteiger partial charge < -0.3 is 0 Å². The first-order valence-electron chi connectivity index (χ1n) is 12.2. The van der Waals surface area contributed by atoms with Crippen LogP contribution in [0.4, 0.5) is 0 Å². The monoisotopic (exact) mass is 416 g/mol. The molecular formula is C24H48O3S. The largest absolute Gasteiger partial charge is 0.286 e. The Labute approximate surface area is 176 Å². The average Bonchev–Trinajstić information content (AvgIpc) is 2.65. The van der Waals surface area contributed by atoms with Crippen LogP contribution in [0.3, 0.4) is 0 Å². The van der Waals surface area contributed by atoms with Crippen molar-refractivity contribution in [2.75, 3.05) is 5.75 Å². The third kappa shape index (κ3) is 25.6. The molecule has 0 aromatic rings. The maximum atomic E-state index is 10.6. The van der Waals surface area contributed by atoms with Crippen LogP contribution in [0.1, 0.15) is 135 Å². The topological polar surface area (TPSA) is 54.4 Å². The van der Waals surface area contributed by atoms with Crippen LogP contribution >= 0.6 is 0 Å². The highest BCUT2D eigenvalue weighted by Gasteiger charge is 2.01. The molecule has 0 aliphatic rings. The molecule has 0 fully saturated rings. The summed E-state index contributed by atoms with van der Waals surface area (Å²) in [7, 11) is -3.78. The minimum atomic E-state index is -3.78. The van der Waals surface area contributed by atoms with Gasteiger partial charge in [0.15, 0.2) is 0 Å². The maximum absolute atomic E-state index is 10.6. The van der Waals surface area contributed by atoms with E-state index in [0.29, 0.717) is 6.42 Å². The second-order valence-corrected chi connectivity index (χ2v) is 9.92. The highest BCUT2D eigenvalue weighted by atomic mass is 32.2. The van der Waals surface area contributed by atoms with Gasteiger partial charge in [-0.05, 0) is 25.7 Å². The fourth-order valence-electron chi connectivity index (χ4n) is 3.61. The first-order chi connectivity index (χ1) is 13.6. The number of rotatable bonds is 22. The fourth-order valence-corrected chi connectivity index (χ4v) is 4.14. The van der Waals surface area contributed by atoms with Gasteiger partial charge in [0, 0.05) is 0 Å². The van der Waals surface area contributed by atoms with Gasteiger partial charge >= 0.3 is 0 Å². The van der Waals surface area contributed by atoms with Gasteiger partial charge in [-0.15, -0.1) is 0 Å². The second kappa shape index (κ2) is 21.4. The summed E-state index contributed by atoms with van der Waals surface area (Å²) in [5.74, 6) is -0.129. The van der Waals surface area contributed by atoms with Gasteiger partial charge in [-0.3, -0.25) is 4.55 Å². The van der Waals surface area contributed by atoms with Crippen LogP contribution in [0.25, 0.3) is 0 Å². The van der Waals surface area contributed by atoms with Crippen molar-refractivity contribution in [3.8, 4) is 0 Å². The summed E-state index contributed by atoms with van der Waals surface area (Å²) in [6.07, 6.45) is 30.3. The van der Waals surface area contributed by atoms with Crippen molar-refractivity contribution < 1.29 is 13.0 Å². The van der Waals surface area contributed by atoms with Crippen LogP contribution in [-0.2, 0) is 10.1 Å². The zero-order valence-electron chi connectivity index (χ0n) is 18.7. The number of hydrogen-bond donors (Lipinski definition) is 1. The molecule has 3 nitrogen and oxygen atoms in total. The summed E-state index contributed by atoms with van der Waals surface area (Å²) < 4.78 is 29.8. The number of allylic oxidation sites excluding steroid dienone is 2. The highest BCUT2D eigenvalue weighted by molar-refractivity contribution is 7.85. The lowest BCUT2D eigenvalue weighted by molar-refractivity contribution is 0.481. The fraction of sp³-hybridized carbons (Fsp3) is 0.917. The van der Waals surface area contributed by atoms with Gasteiger partial charge in [0.1, 0.15) is 0 Å². The molecule has 0 aromatic carbocycles. The van der Waals surface area contributed by atoms with E-state index in [4.69, 9.17) is 4.55 Å². The Morgan fingerprint density at radius 3 is 1.21 bits per heavy atom. The zero-order valence-corrected chi connectivity index (χ0v) is 19.5. The van der Waals surface area contributed by atoms with Gasteiger partial charge in [0.25, 0.3) is 10.1 Å². The van der Waals surface area contributed by atoms with E-state index >= 15 is 0 Å². The molecule has 0 amide bonds. The molecular weight excluding hydrogens is 368 g/mol. The van der Waals surface area contributed by atoms with E-state index in [-0.39, 0.29) is 5.75 Å². The van der Waals surface area contributed by atoms with Crippen molar-refractivity contribution in [3.05, 3.63) is 12.2 Å². The van der Waals surface area contributed by atoms with Gasteiger partial charge in [-0.1, -0.05) is 122 Å². The van der Waals surface area contributed by atoms with Gasteiger partial charge in [-0.2, -0.15) is 8.42 Å². The molecule has 0 bridgehead atoms. The Balaban J connectivity index is 3.10. The molecule has 0 saturated heterocycles. The normalized spacial score (nSPS) is 12.2. The Morgan fingerprint density at radius 2 is 0.857 bits per heavy atom. The van der Waals surface area contributed by atoms with Crippen LogP contribution in [0, 0.1) is 0 Å². The summed E-state index contributed by atoms with van der Waals surface area (Å²) in [4.78, 5) is 0. The molecule has 0 radical (unpaired) electrons. The minimum Gasteiger partial charge on any atom is -0.286 e. The van der Waals surface area contributed by atoms with E-state index in [0.717, 1.165) is 12.8 Å². The first-order valence-corrected chi connectivity index (χ1v) is 13.8. The zero-order chi connectivity index (χ0) is 20.8. The predicted molar refractivity (Wildman–Crippen MR) is 124 cm³/mol. The standard InChI is InChI=1S/C24H48O3S/c1-2-3-4-5-6-7-8-9-10-11-12-13-14-15-16-17-18-19-20-21-22-23-24-28(25,26)27/h20-21H,2-19,22-24H2,1H3,(H,25,26,27)/b21-20+. The van der Waals surface area contributed by atoms with E-state index in [1.54, 1.807) is 0 Å². The summed E-state index contributed by atoms with van der Waals surface area (Å²) in [6, 6.07) is 0. The molecule has 0 aliphatic heterocycles. The minimum absolute atomic E-state index is 0.129. The lowest BCUT2D eigenvalue weighted by Crippen LogP contribution is -2.02. The van der Waals surface area contributed by atoms with Crippen LogP contribution in [0.15, 0.2) is 12.2 Å². The predicted octanol–water partition coefficient (Wildman–Crippen LogP) is 8.25. The molecule has 0 rings (SSSR count). The Bertz CT molecular complexity index is 429. The lowest BCUT2D eigenvalue weighted by Gasteiger charge is -2.03. The third-order valence-corrected chi connectivity index (χ3v) is 6.22. The van der Waals surface area contributed by atoms with Crippen molar-refractivity contribution in [3.63, 3.8) is 0 Å². The molecule has 0 heterocycles. The molecule has 0 spiro atoms. The van der Waals surface area contributed by atoms with Gasteiger partial charge in [0.05, 0.1) is 5.75 Å². The van der Waals surface area contributed by atoms with E-state index in [1.807, 2.05) is 6.08 Å². The van der Waals surface area contributed by atoms with Crippen molar-refractivity contribution >= 4 is 10.1 Å². The summed E-state index contributed by atoms with van der Waals surface area (Å²) in [6.45, 7) is 2.28. The Hall–Kier alpha value is -0.350. The Morgan fingerprint density at radius 1 is 0.536 bits per heavy atom. The molecule has 168 valence electrons. The average molecular weight is 417 g/mol. The van der Waals surface area contributed by atoms with Gasteiger partial charge in [0.2, 0.25) is 0 Å². The quantitative estimate of drug-likeness (QED) is 0.110. The van der Waals surface area contributed by atoms with Gasteiger partial charge in [-0.25, -0.2) is 0 Å². The lowest BCUT2D eigenvalue weighted by atomic mass is 10.0. The van der Waals surface area contributed by atoms with Crippen LogP contribution in [0.5, 0.6) is 0 Å². The van der Waals surface area contributed by atoms with E-state index in [1.165, 1.54) is 109 Å². The van der Waals surface area contributed by atoms with Crippen LogP contribution in [0.2, 0.25) is 0 Å². The van der Waals surface area contributed by atoms with E-state index < -0.39 is 10.1 Å². The van der Waals surface area contributed by atoms with Crippen molar-refractivity contribution in [1.29, 1.82) is 0 Å². The smallest absolute Gasteiger partial charge is 0.264 e. The molecule has 28 heavy (non-hydrogen) atoms. The van der Waals surface area contributed by atoms with Crippen LogP contribution in [-0.4, -0.2) is 18.7 Å². The Kier molecular flexibility index (Phi) is 21.1. The number of unbranched alkanes of at least 4 members (excludes halogenated alkanes) is 18. The maximum Gasteiger partial charge on any atom is 0.264 e. The molecule has 0 aliphatic carbocycles. The summed E-state index contributed by atoms with van der Waals surface area (Å²) >= 11 is 0. The first kappa shape index (κ1) is 27.6. The summed E-state index contributed by atoms with van der Waals surface area (Å²) in [5.41, 5.74) is 0. The molecule has 0 atom stereocenters. The van der Waals surface area contributed by atoms with Crippen LogP contribution < -0.4 is 0 Å². The van der Waals surface area contributed by atoms with Crippen molar-refractivity contribution in [2.45, 2.75) is 135 Å². The molecule has 1 N–H and O–H groups in total. The molecule has 4 heteroatoms. The SMILES string of the molecule is CCCCCCCCCCCCCCCCCCC/C=C/CCCS(=O)(=O)O. The second-order valence-electron chi connectivity index (χ2n) is 8.35. The van der Waals surface area contributed by atoms with Crippen molar-refractivity contribution in [1.82, 2.24) is 0 Å². The molecule has 0 saturated carbocycles. The summed E-state index contributed by atoms with van der Waals surface area (Å²) in [5, 5.41) is 0. The van der Waals surface area contributed by atoms with E-state index in [2.05, 4.69) is 13.0 Å².